The monoisotopic (exact) mass is 745 g/mol. The molecule has 2 N–H and O–H groups in total. The molecule has 4 aromatic carbocycles. The smallest absolute Gasteiger partial charge is 0.349 e. The lowest BCUT2D eigenvalue weighted by Crippen LogP contribution is -2.45. The highest BCUT2D eigenvalue weighted by Crippen LogP contribution is 2.42. The summed E-state index contributed by atoms with van der Waals surface area (Å²) in [6, 6.07) is 23.3. The molecule has 0 amide bonds. The summed E-state index contributed by atoms with van der Waals surface area (Å²) in [7, 11) is 10.4. The molecular weight excluding hydrogens is 702 g/mol. The second-order valence-corrected chi connectivity index (χ2v) is 12.0. The van der Waals surface area contributed by atoms with Crippen molar-refractivity contribution in [1.82, 2.24) is 4.90 Å². The van der Waals surface area contributed by atoms with Crippen molar-refractivity contribution in [2.75, 3.05) is 49.1 Å². The van der Waals surface area contributed by atoms with Crippen LogP contribution < -0.4 is 23.7 Å². The summed E-state index contributed by atoms with van der Waals surface area (Å²) in [5.41, 5.74) is 3.73. The highest BCUT2D eigenvalue weighted by molar-refractivity contribution is 5.95. The molecule has 0 saturated carbocycles. The first-order valence-corrected chi connectivity index (χ1v) is 16.7. The second-order valence-electron chi connectivity index (χ2n) is 12.0. The van der Waals surface area contributed by atoms with Crippen molar-refractivity contribution in [3.8, 4) is 28.7 Å². The third kappa shape index (κ3) is 9.77. The van der Waals surface area contributed by atoms with Crippen LogP contribution in [0.5, 0.6) is 28.7 Å². The number of fused-ring (bicyclic) bond motifs is 1. The van der Waals surface area contributed by atoms with Crippen molar-refractivity contribution in [1.29, 1.82) is 0 Å². The molecule has 3 atom stereocenters. The summed E-state index contributed by atoms with van der Waals surface area (Å²) >= 11 is 0. The lowest BCUT2D eigenvalue weighted by Gasteiger charge is -2.35. The Labute approximate surface area is 312 Å². The first-order chi connectivity index (χ1) is 25.9. The molecule has 0 saturated heterocycles. The lowest BCUT2D eigenvalue weighted by atomic mass is 9.88. The number of benzene rings is 4. The maximum absolute atomic E-state index is 12.0. The van der Waals surface area contributed by atoms with Gasteiger partial charge in [-0.3, -0.25) is 4.90 Å². The number of aliphatic carboxylic acids is 2. The van der Waals surface area contributed by atoms with E-state index in [4.69, 9.17) is 33.2 Å². The number of esters is 2. The molecule has 14 nitrogen and oxygen atoms in total. The number of ether oxygens (including phenoxy) is 7. The van der Waals surface area contributed by atoms with Crippen molar-refractivity contribution in [2.45, 2.75) is 31.1 Å². The molecule has 4 aromatic rings. The average Bonchev–Trinajstić information content (AvgIpc) is 3.19. The average molecular weight is 746 g/mol. The molecule has 54 heavy (non-hydrogen) atoms. The molecule has 1 heterocycles. The Hall–Kier alpha value is -6.28. The van der Waals surface area contributed by atoms with Crippen molar-refractivity contribution in [3.63, 3.8) is 0 Å². The minimum absolute atomic E-state index is 0.0253. The molecule has 0 fully saturated rings. The fraction of sp³-hybridized carbons (Fsp3) is 0.300. The second kappa shape index (κ2) is 19.0. The molecule has 1 aliphatic heterocycles. The van der Waals surface area contributed by atoms with Crippen LogP contribution in [0.25, 0.3) is 0 Å². The van der Waals surface area contributed by atoms with E-state index in [0.717, 1.165) is 36.4 Å². The van der Waals surface area contributed by atoms with Gasteiger partial charge in [0.25, 0.3) is 0 Å². The normalized spacial score (nSPS) is 14.4. The maximum Gasteiger partial charge on any atom is 0.349 e. The van der Waals surface area contributed by atoms with E-state index in [-0.39, 0.29) is 17.2 Å². The summed E-state index contributed by atoms with van der Waals surface area (Å²) in [6.07, 6.45) is -2.63. The highest BCUT2D eigenvalue weighted by Gasteiger charge is 2.41. The summed E-state index contributed by atoms with van der Waals surface area (Å²) in [4.78, 5) is 49.2. The fourth-order valence-corrected chi connectivity index (χ4v) is 5.89. The summed E-state index contributed by atoms with van der Waals surface area (Å²) in [5, 5.41) is 18.5. The SMILES string of the molecule is COc1cc2c(cc1OC)[C@@H](Cc1cc(OC)c(OC)c(OC)c1)N(C)CC2.O=C(O[C@H](C(=O)O)[C@H](OC(=O)c1ccccc1)C(=O)O)c1ccccc1. The third-order valence-electron chi connectivity index (χ3n) is 8.67. The van der Waals surface area contributed by atoms with Gasteiger partial charge in [-0.05, 0) is 85.1 Å². The van der Waals surface area contributed by atoms with Gasteiger partial charge in [0.1, 0.15) is 0 Å². The number of carboxylic acids is 2. The van der Waals surface area contributed by atoms with Crippen LogP contribution in [-0.2, 0) is 31.9 Å². The number of carbonyl (C=O) groups excluding carboxylic acids is 2. The molecule has 0 unspecified atom stereocenters. The number of rotatable bonds is 14. The highest BCUT2D eigenvalue weighted by atomic mass is 16.6. The van der Waals surface area contributed by atoms with Gasteiger partial charge < -0.3 is 43.4 Å². The summed E-state index contributed by atoms with van der Waals surface area (Å²) in [5.74, 6) is -2.16. The van der Waals surface area contributed by atoms with Crippen molar-refractivity contribution >= 4 is 23.9 Å². The van der Waals surface area contributed by atoms with E-state index >= 15 is 0 Å². The standard InChI is InChI=1S/C22H29NO5.C18H14O8/c1-23-8-7-15-12-18(24-2)19(25-3)13-16(15)17(23)9-14-10-20(26-4)22(28-6)21(11-14)27-5;19-15(20)13(25-17(23)11-7-3-1-4-8-11)14(16(21)22)26-18(24)12-9-5-2-6-10-12/h10-13,17H,7-9H2,1-6H3;1-10,13-14H,(H,19,20)(H,21,22)/t17-;13-,14-/m10/s1. The molecule has 5 rings (SSSR count). The number of hydrogen-bond acceptors (Lipinski definition) is 12. The Morgan fingerprint density at radius 3 is 1.50 bits per heavy atom. The zero-order chi connectivity index (χ0) is 39.4. The van der Waals surface area contributed by atoms with Gasteiger partial charge in [-0.2, -0.15) is 0 Å². The van der Waals surface area contributed by atoms with Crippen LogP contribution >= 0.6 is 0 Å². The predicted octanol–water partition coefficient (Wildman–Crippen LogP) is 5.11. The van der Waals surface area contributed by atoms with E-state index in [1.165, 1.54) is 59.7 Å². The minimum atomic E-state index is -2.21. The van der Waals surface area contributed by atoms with Gasteiger partial charge in [-0.15, -0.1) is 0 Å². The lowest BCUT2D eigenvalue weighted by molar-refractivity contribution is -0.166. The molecule has 0 bridgehead atoms. The van der Waals surface area contributed by atoms with E-state index in [0.29, 0.717) is 17.2 Å². The van der Waals surface area contributed by atoms with Gasteiger partial charge in [-0.1, -0.05) is 36.4 Å². The van der Waals surface area contributed by atoms with Gasteiger partial charge in [0.2, 0.25) is 18.0 Å². The first-order valence-electron chi connectivity index (χ1n) is 16.7. The van der Waals surface area contributed by atoms with Crippen LogP contribution in [0.3, 0.4) is 0 Å². The van der Waals surface area contributed by atoms with Crippen molar-refractivity contribution in [2.24, 2.45) is 0 Å². The number of hydrogen-bond donors (Lipinski definition) is 2. The van der Waals surface area contributed by atoms with Gasteiger partial charge in [-0.25, -0.2) is 19.2 Å². The predicted molar refractivity (Wildman–Crippen MR) is 195 cm³/mol. The number of carbonyl (C=O) groups is 4. The maximum atomic E-state index is 12.0. The largest absolute Gasteiger partial charge is 0.493 e. The Morgan fingerprint density at radius 2 is 1.09 bits per heavy atom. The van der Waals surface area contributed by atoms with E-state index in [1.807, 2.05) is 12.1 Å². The third-order valence-corrected chi connectivity index (χ3v) is 8.67. The molecule has 0 aromatic heterocycles. The zero-order valence-corrected chi connectivity index (χ0v) is 30.8. The number of methoxy groups -OCH3 is 5. The first kappa shape index (κ1) is 40.5. The molecule has 14 heteroatoms. The van der Waals surface area contributed by atoms with E-state index in [1.54, 1.807) is 47.7 Å². The van der Waals surface area contributed by atoms with E-state index in [2.05, 4.69) is 24.1 Å². The van der Waals surface area contributed by atoms with Crippen molar-refractivity contribution < 1.29 is 62.5 Å². The summed E-state index contributed by atoms with van der Waals surface area (Å²) in [6.45, 7) is 0.984. The fourth-order valence-electron chi connectivity index (χ4n) is 5.89. The molecule has 1 aliphatic rings. The van der Waals surface area contributed by atoms with Gasteiger partial charge >= 0.3 is 23.9 Å². The number of nitrogens with zero attached hydrogens (tertiary/aromatic N) is 1. The van der Waals surface area contributed by atoms with Crippen LogP contribution in [0.15, 0.2) is 84.9 Å². The van der Waals surface area contributed by atoms with E-state index in [9.17, 15) is 29.4 Å². The Kier molecular flexibility index (Phi) is 14.2. The Morgan fingerprint density at radius 1 is 0.648 bits per heavy atom. The van der Waals surface area contributed by atoms with Crippen LogP contribution in [0.2, 0.25) is 0 Å². The molecular formula is C40H43NO13. The molecule has 0 aliphatic carbocycles. The van der Waals surface area contributed by atoms with Crippen LogP contribution in [0.4, 0.5) is 0 Å². The van der Waals surface area contributed by atoms with Crippen LogP contribution in [-0.4, -0.2) is 100 Å². The molecule has 0 spiro atoms. The quantitative estimate of drug-likeness (QED) is 0.163. The number of likely N-dealkylation sites (N-methyl/N-ethyl adjacent to an activating group) is 1. The molecule has 0 radical (unpaired) electrons. The Bertz CT molecular complexity index is 1820. The topological polar surface area (TPSA) is 177 Å². The molecule has 286 valence electrons. The van der Waals surface area contributed by atoms with Crippen molar-refractivity contribution in [3.05, 3.63) is 113 Å². The Balaban J connectivity index is 0.000000241. The zero-order valence-electron chi connectivity index (χ0n) is 30.8. The van der Waals surface area contributed by atoms with Gasteiger partial charge in [0.15, 0.2) is 23.0 Å². The minimum Gasteiger partial charge on any atom is -0.493 e. The number of carboxylic acid groups (broad SMARTS) is 2. The van der Waals surface area contributed by atoms with Crippen LogP contribution in [0.1, 0.15) is 43.4 Å². The van der Waals surface area contributed by atoms with E-state index < -0.39 is 36.1 Å². The van der Waals surface area contributed by atoms with Gasteiger partial charge in [0.05, 0.1) is 46.7 Å². The van der Waals surface area contributed by atoms with Gasteiger partial charge in [0, 0.05) is 12.6 Å². The summed E-state index contributed by atoms with van der Waals surface area (Å²) < 4.78 is 37.0. The van der Waals surface area contributed by atoms with Crippen LogP contribution in [0, 0.1) is 0 Å².